The number of rotatable bonds is 10. The summed E-state index contributed by atoms with van der Waals surface area (Å²) >= 11 is 0. The van der Waals surface area contributed by atoms with Gasteiger partial charge < -0.3 is 9.05 Å². The maximum atomic E-state index is 15.1. The first-order valence-corrected chi connectivity index (χ1v) is 10.8. The highest BCUT2D eigenvalue weighted by atomic mass is 31.2. The fraction of sp³-hybridized carbons (Fsp3) is 0.526. The van der Waals surface area contributed by atoms with Gasteiger partial charge in [0, 0.05) is 0 Å². The number of hydrogen-bond donors (Lipinski definition) is 0. The van der Waals surface area contributed by atoms with Crippen LogP contribution >= 0.6 is 7.60 Å². The minimum Gasteiger partial charge on any atom is -0.304 e. The van der Waals surface area contributed by atoms with Crippen molar-refractivity contribution in [3.63, 3.8) is 0 Å². The summed E-state index contributed by atoms with van der Waals surface area (Å²) in [7, 11) is -5.16. The number of Topliss-reactive ketones (excluding diaryl/α,β-unsaturated/α-hetero) is 1. The molecule has 0 aliphatic carbocycles. The standard InChI is InChI=1S/C19H24F2NO6P/c1-5-27-29(26,28-6-2)19(20,21)16(23)15(11-12(3)4)22-17(24)13-9-7-8-10-14(13)18(22)25/h7-10,12,15H,5-6,11H2,1-4H3/t15-/m1/s1. The van der Waals surface area contributed by atoms with E-state index in [1.165, 1.54) is 38.1 Å². The molecule has 0 bridgehead atoms. The summed E-state index contributed by atoms with van der Waals surface area (Å²) in [6.07, 6.45) is -0.224. The molecule has 1 aromatic rings. The Morgan fingerprint density at radius 2 is 1.52 bits per heavy atom. The van der Waals surface area contributed by atoms with Crippen LogP contribution in [-0.4, -0.2) is 47.4 Å². The summed E-state index contributed by atoms with van der Waals surface area (Å²) in [6.45, 7) is 5.23. The fourth-order valence-corrected chi connectivity index (χ4v) is 4.64. The minimum atomic E-state index is -5.16. The van der Waals surface area contributed by atoms with Gasteiger partial charge in [-0.3, -0.25) is 23.8 Å². The average molecular weight is 431 g/mol. The number of halogens is 2. The third-order valence-corrected chi connectivity index (χ3v) is 6.48. The number of nitrogens with zero attached hydrogens (tertiary/aromatic N) is 1. The van der Waals surface area contributed by atoms with E-state index in [0.717, 1.165) is 0 Å². The Labute approximate surface area is 167 Å². The molecule has 160 valence electrons. The van der Waals surface area contributed by atoms with E-state index in [4.69, 9.17) is 0 Å². The van der Waals surface area contributed by atoms with Gasteiger partial charge in [0.05, 0.1) is 24.3 Å². The highest BCUT2D eigenvalue weighted by molar-refractivity contribution is 7.56. The van der Waals surface area contributed by atoms with Gasteiger partial charge in [-0.05, 0) is 38.3 Å². The van der Waals surface area contributed by atoms with Crippen LogP contribution in [0.25, 0.3) is 0 Å². The lowest BCUT2D eigenvalue weighted by atomic mass is 9.98. The molecule has 1 aliphatic rings. The largest absolute Gasteiger partial charge is 0.407 e. The Kier molecular flexibility index (Phi) is 7.09. The molecule has 1 aromatic carbocycles. The Balaban J connectivity index is 2.50. The third kappa shape index (κ3) is 4.17. The number of alkyl halides is 2. The molecule has 0 spiro atoms. The average Bonchev–Trinajstić information content (AvgIpc) is 2.90. The summed E-state index contributed by atoms with van der Waals surface area (Å²) in [4.78, 5) is 38.9. The molecule has 10 heteroatoms. The molecule has 0 unspecified atom stereocenters. The number of carbonyl (C=O) groups excluding carboxylic acids is 3. The number of ketones is 1. The summed E-state index contributed by atoms with van der Waals surface area (Å²) in [5.74, 6) is -3.85. The van der Waals surface area contributed by atoms with Crippen molar-refractivity contribution >= 4 is 25.2 Å². The van der Waals surface area contributed by atoms with Crippen LogP contribution in [0.5, 0.6) is 0 Å². The lowest BCUT2D eigenvalue weighted by Crippen LogP contribution is -2.51. The lowest BCUT2D eigenvalue weighted by molar-refractivity contribution is -0.140. The molecule has 2 rings (SSSR count). The summed E-state index contributed by atoms with van der Waals surface area (Å²) in [5, 5.41) is 0. The molecule has 0 N–H and O–H groups in total. The number of carbonyl (C=O) groups is 3. The van der Waals surface area contributed by atoms with Crippen LogP contribution in [-0.2, 0) is 18.4 Å². The molecule has 0 saturated heterocycles. The highest BCUT2D eigenvalue weighted by Gasteiger charge is 2.63. The van der Waals surface area contributed by atoms with E-state index in [2.05, 4.69) is 9.05 Å². The second-order valence-corrected chi connectivity index (χ2v) is 8.98. The van der Waals surface area contributed by atoms with Gasteiger partial charge in [-0.15, -0.1) is 0 Å². The second kappa shape index (κ2) is 8.81. The lowest BCUT2D eigenvalue weighted by Gasteiger charge is -2.31. The van der Waals surface area contributed by atoms with Crippen molar-refractivity contribution in [2.75, 3.05) is 13.2 Å². The SMILES string of the molecule is CCOP(=O)(OCC)C(F)(F)C(=O)[C@@H](CC(C)C)N1C(=O)c2ccccc2C1=O. The summed E-state index contributed by atoms with van der Waals surface area (Å²) in [5.41, 5.74) is -4.48. The molecular weight excluding hydrogens is 407 g/mol. The van der Waals surface area contributed by atoms with Gasteiger partial charge >= 0.3 is 13.3 Å². The minimum absolute atomic E-state index is 0.0279. The maximum absolute atomic E-state index is 15.1. The molecule has 2 amide bonds. The molecule has 1 aliphatic heterocycles. The number of hydrogen-bond acceptors (Lipinski definition) is 6. The van der Waals surface area contributed by atoms with Gasteiger partial charge in [0.15, 0.2) is 0 Å². The quantitative estimate of drug-likeness (QED) is 0.409. The first kappa shape index (κ1) is 23.3. The molecule has 1 atom stereocenters. The molecule has 0 radical (unpaired) electrons. The van der Waals surface area contributed by atoms with E-state index < -0.39 is 36.9 Å². The van der Waals surface area contributed by atoms with Crippen LogP contribution in [0.15, 0.2) is 24.3 Å². The van der Waals surface area contributed by atoms with Crippen LogP contribution in [0.1, 0.15) is 54.8 Å². The number of fused-ring (bicyclic) bond motifs is 1. The van der Waals surface area contributed by atoms with Gasteiger partial charge in [-0.2, -0.15) is 8.78 Å². The predicted molar refractivity (Wildman–Crippen MR) is 101 cm³/mol. The predicted octanol–water partition coefficient (Wildman–Crippen LogP) is 4.13. The molecule has 1 heterocycles. The Morgan fingerprint density at radius 3 is 1.90 bits per heavy atom. The number of amides is 2. The Morgan fingerprint density at radius 1 is 1.07 bits per heavy atom. The molecule has 0 fully saturated rings. The van der Waals surface area contributed by atoms with E-state index in [0.29, 0.717) is 4.90 Å². The normalized spacial score (nSPS) is 15.8. The van der Waals surface area contributed by atoms with Crippen molar-refractivity contribution in [1.82, 2.24) is 4.90 Å². The van der Waals surface area contributed by atoms with Gasteiger partial charge in [0.2, 0.25) is 5.78 Å². The van der Waals surface area contributed by atoms with Crippen molar-refractivity contribution in [3.8, 4) is 0 Å². The van der Waals surface area contributed by atoms with Crippen LogP contribution < -0.4 is 0 Å². The Hall–Kier alpha value is -1.96. The first-order chi connectivity index (χ1) is 13.5. The van der Waals surface area contributed by atoms with Crippen molar-refractivity contribution in [2.24, 2.45) is 5.92 Å². The number of imide groups is 1. The zero-order chi connectivity index (χ0) is 22.0. The van der Waals surface area contributed by atoms with Gasteiger partial charge in [-0.25, -0.2) is 0 Å². The number of benzene rings is 1. The van der Waals surface area contributed by atoms with Crippen molar-refractivity contribution in [3.05, 3.63) is 35.4 Å². The fourth-order valence-electron chi connectivity index (χ4n) is 3.14. The van der Waals surface area contributed by atoms with Crippen LogP contribution in [0.2, 0.25) is 0 Å². The van der Waals surface area contributed by atoms with Crippen molar-refractivity contribution in [1.29, 1.82) is 0 Å². The zero-order valence-corrected chi connectivity index (χ0v) is 17.6. The maximum Gasteiger partial charge on any atom is 0.407 e. The molecule has 7 nitrogen and oxygen atoms in total. The van der Waals surface area contributed by atoms with Crippen LogP contribution in [0.4, 0.5) is 8.78 Å². The molecule has 29 heavy (non-hydrogen) atoms. The van der Waals surface area contributed by atoms with E-state index in [-0.39, 0.29) is 36.7 Å². The smallest absolute Gasteiger partial charge is 0.304 e. The molecule has 0 saturated carbocycles. The Bertz CT molecular complexity index is 812. The van der Waals surface area contributed by atoms with Gasteiger partial charge in [0.1, 0.15) is 6.04 Å². The van der Waals surface area contributed by atoms with Gasteiger partial charge in [-0.1, -0.05) is 26.0 Å². The van der Waals surface area contributed by atoms with Crippen molar-refractivity contribution in [2.45, 2.75) is 45.8 Å². The van der Waals surface area contributed by atoms with Gasteiger partial charge in [0.25, 0.3) is 11.8 Å². The highest BCUT2D eigenvalue weighted by Crippen LogP contribution is 2.62. The van der Waals surface area contributed by atoms with E-state index in [9.17, 15) is 18.9 Å². The van der Waals surface area contributed by atoms with E-state index in [1.807, 2.05) is 0 Å². The van der Waals surface area contributed by atoms with Crippen LogP contribution in [0.3, 0.4) is 0 Å². The topological polar surface area (TPSA) is 90.0 Å². The van der Waals surface area contributed by atoms with E-state index >= 15 is 8.78 Å². The zero-order valence-electron chi connectivity index (χ0n) is 16.7. The van der Waals surface area contributed by atoms with Crippen molar-refractivity contribution < 1.29 is 36.8 Å². The first-order valence-electron chi connectivity index (χ1n) is 9.30. The molecule has 0 aromatic heterocycles. The summed E-state index contributed by atoms with van der Waals surface area (Å²) < 4.78 is 52.1. The summed E-state index contributed by atoms with van der Waals surface area (Å²) in [6, 6.07) is 4.01. The van der Waals surface area contributed by atoms with Crippen LogP contribution in [0, 0.1) is 5.92 Å². The second-order valence-electron chi connectivity index (χ2n) is 6.91. The molecular formula is C19H24F2NO6P. The monoisotopic (exact) mass is 431 g/mol. The van der Waals surface area contributed by atoms with E-state index in [1.54, 1.807) is 13.8 Å². The third-order valence-electron chi connectivity index (χ3n) is 4.37.